The lowest BCUT2D eigenvalue weighted by molar-refractivity contribution is -0.174. The quantitative estimate of drug-likeness (QED) is 0.350. The van der Waals surface area contributed by atoms with E-state index in [1.807, 2.05) is 59.4 Å². The summed E-state index contributed by atoms with van der Waals surface area (Å²) in [6.07, 6.45) is 6.72. The van der Waals surface area contributed by atoms with E-state index in [0.717, 1.165) is 37.9 Å². The first-order valence-electron chi connectivity index (χ1n) is 14.4. The molecule has 2 aromatic heterocycles. The third-order valence-electron chi connectivity index (χ3n) is 9.53. The number of para-hydroxylation sites is 1. The molecule has 206 valence electrons. The van der Waals surface area contributed by atoms with E-state index in [9.17, 15) is 9.59 Å². The van der Waals surface area contributed by atoms with Gasteiger partial charge in [-0.1, -0.05) is 48.5 Å². The van der Waals surface area contributed by atoms with Gasteiger partial charge in [-0.2, -0.15) is 0 Å². The smallest absolute Gasteiger partial charge is 0.334 e. The Balaban J connectivity index is 1.18. The first kappa shape index (κ1) is 25.1. The number of hydrogen-bond donors (Lipinski definition) is 1. The Hall–Kier alpha value is -3.84. The van der Waals surface area contributed by atoms with Crippen molar-refractivity contribution in [3.05, 3.63) is 95.9 Å². The number of aromatic amines is 1. The normalized spacial score (nSPS) is 26.8. The van der Waals surface area contributed by atoms with Crippen LogP contribution in [0.5, 0.6) is 0 Å². The maximum atomic E-state index is 13.8. The summed E-state index contributed by atoms with van der Waals surface area (Å²) in [6, 6.07) is 21.6. The summed E-state index contributed by atoms with van der Waals surface area (Å²) in [6.45, 7) is 1.98. The van der Waals surface area contributed by atoms with E-state index >= 15 is 0 Å². The van der Waals surface area contributed by atoms with Crippen LogP contribution in [0.2, 0.25) is 0 Å². The summed E-state index contributed by atoms with van der Waals surface area (Å²) < 4.78 is 13.5. The molecular formula is C33H35N3O4. The first-order chi connectivity index (χ1) is 19.6. The number of piperidine rings is 1. The fourth-order valence-corrected chi connectivity index (χ4v) is 7.71. The van der Waals surface area contributed by atoms with Crippen molar-refractivity contribution < 1.29 is 19.1 Å². The van der Waals surface area contributed by atoms with E-state index in [1.165, 1.54) is 29.3 Å². The molecule has 1 N–H and O–H groups in total. The van der Waals surface area contributed by atoms with Gasteiger partial charge in [0, 0.05) is 42.1 Å². The number of fused-ring (bicyclic) bond motifs is 6. The van der Waals surface area contributed by atoms with Gasteiger partial charge in [0.2, 0.25) is 0 Å². The van der Waals surface area contributed by atoms with Gasteiger partial charge in [0.05, 0.1) is 19.1 Å². The lowest BCUT2D eigenvalue weighted by Crippen LogP contribution is -2.54. The lowest BCUT2D eigenvalue weighted by Gasteiger charge is -2.51. The minimum atomic E-state index is -0.610. The molecule has 7 rings (SSSR count). The average Bonchev–Trinajstić information content (AvgIpc) is 3.65. The fraction of sp³-hybridized carbons (Fsp3) is 0.394. The van der Waals surface area contributed by atoms with Crippen LogP contribution in [-0.4, -0.2) is 52.7 Å². The van der Waals surface area contributed by atoms with Crippen LogP contribution in [0.25, 0.3) is 10.9 Å². The Bertz CT molecular complexity index is 1510. The maximum Gasteiger partial charge on any atom is 0.334 e. The van der Waals surface area contributed by atoms with Gasteiger partial charge < -0.3 is 19.0 Å². The van der Waals surface area contributed by atoms with Gasteiger partial charge in [0.1, 0.15) is 6.10 Å². The number of rotatable bonds is 5. The van der Waals surface area contributed by atoms with Crippen LogP contribution in [0, 0.1) is 17.8 Å². The van der Waals surface area contributed by atoms with Gasteiger partial charge in [-0.05, 0) is 66.8 Å². The SMILES string of the molecule is COC(=O)[C@@H]1[C@H]2C[C@H]3c4[nH]c5ccccc5c4CCN3C[C@@H]2CC[C@@H]1OC(=O)C(c1ccccc1)n1cccc1. The van der Waals surface area contributed by atoms with Crippen molar-refractivity contribution in [1.82, 2.24) is 14.5 Å². The zero-order valence-electron chi connectivity index (χ0n) is 22.7. The number of hydrogen-bond acceptors (Lipinski definition) is 5. The van der Waals surface area contributed by atoms with Crippen molar-refractivity contribution in [2.45, 2.75) is 43.9 Å². The Morgan fingerprint density at radius 2 is 1.75 bits per heavy atom. The second-order valence-corrected chi connectivity index (χ2v) is 11.5. The van der Waals surface area contributed by atoms with E-state index in [-0.39, 0.29) is 23.9 Å². The van der Waals surface area contributed by atoms with Gasteiger partial charge in [-0.25, -0.2) is 4.79 Å². The molecule has 1 aliphatic carbocycles. The number of aromatic nitrogens is 2. The number of nitrogens with zero attached hydrogens (tertiary/aromatic N) is 2. The monoisotopic (exact) mass is 537 g/mol. The highest BCUT2D eigenvalue weighted by Gasteiger charge is 2.51. The summed E-state index contributed by atoms with van der Waals surface area (Å²) in [5.74, 6) is -0.640. The zero-order valence-corrected chi connectivity index (χ0v) is 22.7. The second kappa shape index (κ2) is 10.3. The number of carbonyl (C=O) groups excluding carboxylic acids is 2. The number of methoxy groups -OCH3 is 1. The Labute approximate surface area is 234 Å². The van der Waals surface area contributed by atoms with E-state index in [2.05, 4.69) is 34.1 Å². The highest BCUT2D eigenvalue weighted by Crippen LogP contribution is 2.50. The molecule has 7 heteroatoms. The van der Waals surface area contributed by atoms with Gasteiger partial charge >= 0.3 is 11.9 Å². The molecule has 3 aliphatic rings. The molecule has 0 bridgehead atoms. The maximum absolute atomic E-state index is 13.8. The molecule has 2 fully saturated rings. The molecule has 0 spiro atoms. The predicted molar refractivity (Wildman–Crippen MR) is 152 cm³/mol. The topological polar surface area (TPSA) is 76.6 Å². The number of H-pyrrole nitrogens is 1. The van der Waals surface area contributed by atoms with Gasteiger partial charge in [-0.15, -0.1) is 0 Å². The first-order valence-corrected chi connectivity index (χ1v) is 14.4. The molecule has 2 aliphatic heterocycles. The minimum Gasteiger partial charge on any atom is -0.469 e. The molecule has 1 saturated heterocycles. The average molecular weight is 538 g/mol. The third kappa shape index (κ3) is 4.24. The second-order valence-electron chi connectivity index (χ2n) is 11.5. The molecule has 7 nitrogen and oxygen atoms in total. The van der Waals surface area contributed by atoms with Crippen molar-refractivity contribution in [2.24, 2.45) is 17.8 Å². The van der Waals surface area contributed by atoms with Crippen molar-refractivity contribution >= 4 is 22.8 Å². The summed E-state index contributed by atoms with van der Waals surface area (Å²) in [4.78, 5) is 33.5. The number of carbonyl (C=O) groups is 2. The Kier molecular flexibility index (Phi) is 6.47. The van der Waals surface area contributed by atoms with Crippen molar-refractivity contribution in [1.29, 1.82) is 0 Å². The number of benzene rings is 2. The lowest BCUT2D eigenvalue weighted by atomic mass is 9.64. The molecule has 1 unspecified atom stereocenters. The van der Waals surface area contributed by atoms with Crippen molar-refractivity contribution in [2.75, 3.05) is 20.2 Å². The van der Waals surface area contributed by atoms with Crippen LogP contribution in [0.3, 0.4) is 0 Å². The molecule has 0 radical (unpaired) electrons. The van der Waals surface area contributed by atoms with Crippen LogP contribution in [0.1, 0.15) is 48.2 Å². The molecule has 1 saturated carbocycles. The molecular weight excluding hydrogens is 502 g/mol. The molecule has 0 amide bonds. The fourth-order valence-electron chi connectivity index (χ4n) is 7.71. The van der Waals surface area contributed by atoms with Gasteiger partial charge in [0.15, 0.2) is 6.04 Å². The summed E-state index contributed by atoms with van der Waals surface area (Å²) >= 11 is 0. The van der Waals surface area contributed by atoms with E-state index in [1.54, 1.807) is 0 Å². The molecule has 6 atom stereocenters. The van der Waals surface area contributed by atoms with Crippen LogP contribution >= 0.6 is 0 Å². The standard InChI is InChI=1S/C33H35N3O4/c1-39-32(37)29-25-19-27-30-24(23-11-5-6-12-26(23)34-30)15-18-36(27)20-22(25)13-14-28(29)40-33(38)31(35-16-7-8-17-35)21-9-3-2-4-10-21/h2-12,16-17,22,25,27-29,31,34H,13-15,18-20H2,1H3/t22-,25-,27-,28-,29+,31?/m0/s1. The van der Waals surface area contributed by atoms with E-state index < -0.39 is 18.1 Å². The van der Waals surface area contributed by atoms with Crippen LogP contribution < -0.4 is 0 Å². The molecule has 2 aromatic carbocycles. The minimum absolute atomic E-state index is 0.0827. The summed E-state index contributed by atoms with van der Waals surface area (Å²) in [5.41, 5.74) is 4.72. The van der Waals surface area contributed by atoms with Gasteiger partial charge in [-0.3, -0.25) is 9.69 Å². The number of ether oxygens (including phenoxy) is 2. The largest absolute Gasteiger partial charge is 0.469 e. The number of esters is 2. The molecule has 40 heavy (non-hydrogen) atoms. The highest BCUT2D eigenvalue weighted by molar-refractivity contribution is 5.85. The van der Waals surface area contributed by atoms with E-state index in [0.29, 0.717) is 12.3 Å². The van der Waals surface area contributed by atoms with Gasteiger partial charge in [0.25, 0.3) is 0 Å². The highest BCUT2D eigenvalue weighted by atomic mass is 16.6. The number of nitrogens with one attached hydrogen (secondary N) is 1. The predicted octanol–water partition coefficient (Wildman–Crippen LogP) is 5.29. The van der Waals surface area contributed by atoms with E-state index in [4.69, 9.17) is 9.47 Å². The molecule has 4 aromatic rings. The van der Waals surface area contributed by atoms with Crippen LogP contribution in [0.15, 0.2) is 79.1 Å². The Morgan fingerprint density at radius 1 is 0.975 bits per heavy atom. The van der Waals surface area contributed by atoms with Crippen molar-refractivity contribution in [3.63, 3.8) is 0 Å². The zero-order chi connectivity index (χ0) is 27.2. The third-order valence-corrected chi connectivity index (χ3v) is 9.53. The van der Waals surface area contributed by atoms with Crippen LogP contribution in [-0.2, 0) is 25.5 Å². The van der Waals surface area contributed by atoms with Crippen LogP contribution in [0.4, 0.5) is 0 Å². The summed E-state index contributed by atoms with van der Waals surface area (Å²) in [7, 11) is 1.45. The van der Waals surface area contributed by atoms with Crippen molar-refractivity contribution in [3.8, 4) is 0 Å². The summed E-state index contributed by atoms with van der Waals surface area (Å²) in [5, 5.41) is 1.30. The Morgan fingerprint density at radius 3 is 2.55 bits per heavy atom. The molecule has 4 heterocycles.